The molecule has 0 aliphatic carbocycles. The van der Waals surface area contributed by atoms with E-state index in [1.165, 1.54) is 7.05 Å². The molecule has 1 unspecified atom stereocenters. The van der Waals surface area contributed by atoms with Crippen molar-refractivity contribution in [2.24, 2.45) is 0 Å². The number of rotatable bonds is 5. The summed E-state index contributed by atoms with van der Waals surface area (Å²) in [6.45, 7) is 0.608. The molecule has 1 atom stereocenters. The molecule has 0 radical (unpaired) electrons. The van der Waals surface area contributed by atoms with E-state index in [1.807, 2.05) is 54.4 Å². The van der Waals surface area contributed by atoms with Gasteiger partial charge in [-0.05, 0) is 40.7 Å². The molecule has 0 saturated heterocycles. The first-order chi connectivity index (χ1) is 11.0. The van der Waals surface area contributed by atoms with Gasteiger partial charge in [-0.25, -0.2) is 4.79 Å². The molecule has 2 aromatic rings. The number of urea groups is 1. The van der Waals surface area contributed by atoms with Gasteiger partial charge in [-0.3, -0.25) is 15.0 Å². The Morgan fingerprint density at radius 3 is 2.48 bits per heavy atom. The molecule has 0 aliphatic heterocycles. The summed E-state index contributed by atoms with van der Waals surface area (Å²) in [6.07, 6.45) is 0. The standard InChI is InChI=1S/C16H18BrN3O2S/c1-18-16(22)19-15(21)14(11-6-4-3-5-7-11)20(2)10-12-8-9-13(17)23-12/h3-9,14H,10H2,1-2H3,(H2,18,19,21,22). The second-order valence-corrected chi connectivity index (χ2v) is 7.55. The number of amides is 3. The first-order valence-corrected chi connectivity index (χ1v) is 8.64. The third-order valence-electron chi connectivity index (χ3n) is 3.30. The maximum atomic E-state index is 12.5. The van der Waals surface area contributed by atoms with E-state index in [4.69, 9.17) is 0 Å². The second kappa shape index (κ2) is 8.24. The zero-order chi connectivity index (χ0) is 16.8. The maximum Gasteiger partial charge on any atom is 0.321 e. The lowest BCUT2D eigenvalue weighted by Gasteiger charge is -2.26. The van der Waals surface area contributed by atoms with Crippen LogP contribution in [-0.2, 0) is 11.3 Å². The summed E-state index contributed by atoms with van der Waals surface area (Å²) in [5.41, 5.74) is 0.840. The highest BCUT2D eigenvalue weighted by atomic mass is 79.9. The number of likely N-dealkylation sites (N-methyl/N-ethyl adjacent to an activating group) is 1. The first kappa shape index (κ1) is 17.7. The molecule has 0 bridgehead atoms. The van der Waals surface area contributed by atoms with Gasteiger partial charge in [0, 0.05) is 18.5 Å². The molecule has 2 N–H and O–H groups in total. The van der Waals surface area contributed by atoms with Crippen molar-refractivity contribution < 1.29 is 9.59 Å². The molecule has 0 aliphatic rings. The van der Waals surface area contributed by atoms with Crippen molar-refractivity contribution in [1.82, 2.24) is 15.5 Å². The molecule has 122 valence electrons. The lowest BCUT2D eigenvalue weighted by Crippen LogP contribution is -2.44. The summed E-state index contributed by atoms with van der Waals surface area (Å²) in [7, 11) is 3.35. The second-order valence-electron chi connectivity index (χ2n) is 5.00. The minimum atomic E-state index is -0.547. The molecule has 0 fully saturated rings. The third-order valence-corrected chi connectivity index (χ3v) is 4.91. The molecule has 0 saturated carbocycles. The Morgan fingerprint density at radius 2 is 1.91 bits per heavy atom. The van der Waals surface area contributed by atoms with Gasteiger partial charge >= 0.3 is 6.03 Å². The third kappa shape index (κ3) is 4.89. The van der Waals surface area contributed by atoms with Gasteiger partial charge in [0.05, 0.1) is 3.79 Å². The zero-order valence-corrected chi connectivity index (χ0v) is 15.3. The lowest BCUT2D eigenvalue weighted by molar-refractivity contribution is -0.125. The van der Waals surface area contributed by atoms with E-state index < -0.39 is 12.1 Å². The van der Waals surface area contributed by atoms with Crippen molar-refractivity contribution in [3.8, 4) is 0 Å². The minimum Gasteiger partial charge on any atom is -0.341 e. The quantitative estimate of drug-likeness (QED) is 0.817. The monoisotopic (exact) mass is 395 g/mol. The Labute approximate surface area is 147 Å². The fourth-order valence-corrected chi connectivity index (χ4v) is 3.80. The topological polar surface area (TPSA) is 61.4 Å². The van der Waals surface area contributed by atoms with Crippen LogP contribution >= 0.6 is 27.3 Å². The molecular weight excluding hydrogens is 378 g/mol. The van der Waals surface area contributed by atoms with Crippen LogP contribution in [-0.4, -0.2) is 30.9 Å². The van der Waals surface area contributed by atoms with E-state index in [-0.39, 0.29) is 5.91 Å². The van der Waals surface area contributed by atoms with Crippen LogP contribution < -0.4 is 10.6 Å². The summed E-state index contributed by atoms with van der Waals surface area (Å²) >= 11 is 5.07. The molecule has 1 heterocycles. The average Bonchev–Trinajstić information content (AvgIpc) is 2.93. The summed E-state index contributed by atoms with van der Waals surface area (Å²) in [6, 6.07) is 12.4. The molecular formula is C16H18BrN3O2S. The predicted octanol–water partition coefficient (Wildman–Crippen LogP) is 3.14. The number of halogens is 1. The normalized spacial score (nSPS) is 12.0. The Morgan fingerprint density at radius 1 is 1.22 bits per heavy atom. The van der Waals surface area contributed by atoms with Gasteiger partial charge in [-0.1, -0.05) is 30.3 Å². The van der Waals surface area contributed by atoms with Crippen molar-refractivity contribution in [3.63, 3.8) is 0 Å². The minimum absolute atomic E-state index is 0.353. The molecule has 23 heavy (non-hydrogen) atoms. The van der Waals surface area contributed by atoms with Crippen LogP contribution in [0.2, 0.25) is 0 Å². The highest BCUT2D eigenvalue weighted by molar-refractivity contribution is 9.11. The molecule has 1 aromatic heterocycles. The van der Waals surface area contributed by atoms with E-state index in [0.29, 0.717) is 6.54 Å². The Bertz CT molecular complexity index is 675. The van der Waals surface area contributed by atoms with Gasteiger partial charge in [-0.2, -0.15) is 0 Å². The van der Waals surface area contributed by atoms with Crippen LogP contribution in [0.4, 0.5) is 4.79 Å². The fraction of sp³-hybridized carbons (Fsp3) is 0.250. The van der Waals surface area contributed by atoms with Gasteiger partial charge in [-0.15, -0.1) is 11.3 Å². The van der Waals surface area contributed by atoms with E-state index in [2.05, 4.69) is 26.6 Å². The van der Waals surface area contributed by atoms with Crippen LogP contribution in [0.5, 0.6) is 0 Å². The number of nitrogens with one attached hydrogen (secondary N) is 2. The molecule has 7 heteroatoms. The number of imide groups is 1. The summed E-state index contributed by atoms with van der Waals surface area (Å²) < 4.78 is 1.05. The first-order valence-electron chi connectivity index (χ1n) is 7.03. The SMILES string of the molecule is CNC(=O)NC(=O)C(c1ccccc1)N(C)Cc1ccc(Br)s1. The smallest absolute Gasteiger partial charge is 0.321 e. The average molecular weight is 396 g/mol. The van der Waals surface area contributed by atoms with Crippen molar-refractivity contribution >= 4 is 39.2 Å². The van der Waals surface area contributed by atoms with Crippen LogP contribution in [0.1, 0.15) is 16.5 Å². The zero-order valence-electron chi connectivity index (χ0n) is 12.9. The maximum absolute atomic E-state index is 12.5. The summed E-state index contributed by atoms with van der Waals surface area (Å²) in [5, 5.41) is 4.76. The molecule has 5 nitrogen and oxygen atoms in total. The summed E-state index contributed by atoms with van der Waals surface area (Å²) in [4.78, 5) is 27.1. The van der Waals surface area contributed by atoms with Crippen LogP contribution in [0.3, 0.4) is 0 Å². The fourth-order valence-electron chi connectivity index (χ4n) is 2.26. The number of nitrogens with zero attached hydrogens (tertiary/aromatic N) is 1. The number of thiophene rings is 1. The molecule has 1 aromatic carbocycles. The number of hydrogen-bond acceptors (Lipinski definition) is 4. The van der Waals surface area contributed by atoms with Gasteiger partial charge in [0.1, 0.15) is 6.04 Å². The molecule has 2 rings (SSSR count). The van der Waals surface area contributed by atoms with Crippen molar-refractivity contribution in [2.45, 2.75) is 12.6 Å². The molecule has 0 spiro atoms. The number of carbonyl (C=O) groups excluding carboxylic acids is 2. The Kier molecular flexibility index (Phi) is 6.32. The number of benzene rings is 1. The van der Waals surface area contributed by atoms with Crippen LogP contribution in [0.25, 0.3) is 0 Å². The van der Waals surface area contributed by atoms with Gasteiger partial charge in [0.2, 0.25) is 5.91 Å². The molecule has 3 amide bonds. The van der Waals surface area contributed by atoms with E-state index in [0.717, 1.165) is 14.2 Å². The van der Waals surface area contributed by atoms with E-state index in [1.54, 1.807) is 11.3 Å². The van der Waals surface area contributed by atoms with E-state index >= 15 is 0 Å². The largest absolute Gasteiger partial charge is 0.341 e. The van der Waals surface area contributed by atoms with Gasteiger partial charge in [0.25, 0.3) is 0 Å². The van der Waals surface area contributed by atoms with E-state index in [9.17, 15) is 9.59 Å². The Balaban J connectivity index is 2.22. The highest BCUT2D eigenvalue weighted by Crippen LogP contribution is 2.26. The van der Waals surface area contributed by atoms with Crippen molar-refractivity contribution in [2.75, 3.05) is 14.1 Å². The highest BCUT2D eigenvalue weighted by Gasteiger charge is 2.26. The van der Waals surface area contributed by atoms with Gasteiger partial charge in [0.15, 0.2) is 0 Å². The summed E-state index contributed by atoms with van der Waals surface area (Å²) in [5.74, 6) is -0.353. The predicted molar refractivity (Wildman–Crippen MR) is 95.3 cm³/mol. The van der Waals surface area contributed by atoms with Crippen molar-refractivity contribution in [3.05, 3.63) is 56.7 Å². The number of hydrogen-bond donors (Lipinski definition) is 2. The van der Waals surface area contributed by atoms with Gasteiger partial charge < -0.3 is 5.32 Å². The van der Waals surface area contributed by atoms with Crippen molar-refractivity contribution in [1.29, 1.82) is 0 Å². The lowest BCUT2D eigenvalue weighted by atomic mass is 10.0. The number of carbonyl (C=O) groups is 2. The van der Waals surface area contributed by atoms with Crippen LogP contribution in [0, 0.1) is 0 Å². The van der Waals surface area contributed by atoms with Crippen LogP contribution in [0.15, 0.2) is 46.3 Å². The Hall–Kier alpha value is -1.70.